The van der Waals surface area contributed by atoms with Crippen LogP contribution in [0.4, 0.5) is 24.7 Å². The van der Waals surface area contributed by atoms with Crippen molar-refractivity contribution in [2.75, 3.05) is 43.5 Å². The van der Waals surface area contributed by atoms with Crippen molar-refractivity contribution in [1.82, 2.24) is 9.29 Å². The van der Waals surface area contributed by atoms with Crippen molar-refractivity contribution in [1.29, 1.82) is 0 Å². The van der Waals surface area contributed by atoms with Crippen molar-refractivity contribution in [3.8, 4) is 11.1 Å². The third-order valence-corrected chi connectivity index (χ3v) is 9.08. The number of aromatic nitrogens is 1. The molecule has 38 heavy (non-hydrogen) atoms. The van der Waals surface area contributed by atoms with E-state index in [9.17, 15) is 13.2 Å². The fourth-order valence-corrected chi connectivity index (χ4v) is 6.64. The SMILES string of the molecule is FC(F)(F)c1ccc(NC2CCN(Sc3ccc(-c4ccc5c(c4)C4(CCOCC4)CN5)cc3)CC2)nc1. The molecule has 3 aliphatic heterocycles. The first kappa shape index (κ1) is 25.5. The summed E-state index contributed by atoms with van der Waals surface area (Å²) in [4.78, 5) is 5.15. The van der Waals surface area contributed by atoms with Gasteiger partial charge in [-0.3, -0.25) is 0 Å². The van der Waals surface area contributed by atoms with Crippen LogP contribution in [0.15, 0.2) is 65.7 Å². The highest BCUT2D eigenvalue weighted by molar-refractivity contribution is 7.97. The molecule has 1 spiro atoms. The largest absolute Gasteiger partial charge is 0.417 e. The molecule has 2 saturated heterocycles. The fourth-order valence-electron chi connectivity index (χ4n) is 5.69. The van der Waals surface area contributed by atoms with Crippen LogP contribution >= 0.6 is 11.9 Å². The number of ether oxygens (including phenoxy) is 1. The molecule has 2 fully saturated rings. The maximum atomic E-state index is 12.8. The number of piperidine rings is 1. The second-order valence-corrected chi connectivity index (χ2v) is 11.6. The van der Waals surface area contributed by atoms with E-state index in [-0.39, 0.29) is 11.5 Å². The van der Waals surface area contributed by atoms with Gasteiger partial charge < -0.3 is 15.4 Å². The summed E-state index contributed by atoms with van der Waals surface area (Å²) in [6.07, 6.45) is 0.476. The number of halogens is 3. The van der Waals surface area contributed by atoms with Gasteiger partial charge in [0, 0.05) is 61.1 Å². The van der Waals surface area contributed by atoms with Gasteiger partial charge in [-0.05, 0) is 90.7 Å². The van der Waals surface area contributed by atoms with E-state index in [1.807, 2.05) is 0 Å². The Balaban J connectivity index is 1.04. The highest BCUT2D eigenvalue weighted by Gasteiger charge is 2.40. The van der Waals surface area contributed by atoms with Gasteiger partial charge in [-0.25, -0.2) is 9.29 Å². The lowest BCUT2D eigenvalue weighted by Gasteiger charge is -2.33. The highest BCUT2D eigenvalue weighted by atomic mass is 32.2. The quantitative estimate of drug-likeness (QED) is 0.346. The van der Waals surface area contributed by atoms with Crippen LogP contribution in [0.25, 0.3) is 11.1 Å². The van der Waals surface area contributed by atoms with Crippen molar-refractivity contribution < 1.29 is 17.9 Å². The van der Waals surface area contributed by atoms with Crippen molar-refractivity contribution in [2.45, 2.75) is 48.2 Å². The molecule has 0 unspecified atom stereocenters. The fraction of sp³-hybridized carbons (Fsp3) is 0.414. The third-order valence-electron chi connectivity index (χ3n) is 7.98. The second-order valence-electron chi connectivity index (χ2n) is 10.4. The summed E-state index contributed by atoms with van der Waals surface area (Å²) in [5.74, 6) is 0.491. The molecule has 0 aliphatic carbocycles. The van der Waals surface area contributed by atoms with Gasteiger partial charge in [0.1, 0.15) is 5.82 Å². The van der Waals surface area contributed by atoms with Crippen LogP contribution in [0.1, 0.15) is 36.8 Å². The Morgan fingerprint density at radius 2 is 1.71 bits per heavy atom. The van der Waals surface area contributed by atoms with E-state index in [1.165, 1.54) is 33.3 Å². The minimum atomic E-state index is -4.36. The molecule has 0 radical (unpaired) electrons. The molecule has 1 aromatic heterocycles. The number of hydrogen-bond donors (Lipinski definition) is 2. The van der Waals surface area contributed by atoms with Gasteiger partial charge >= 0.3 is 6.18 Å². The van der Waals surface area contributed by atoms with E-state index in [2.05, 4.69) is 62.4 Å². The molecule has 200 valence electrons. The standard InChI is InChI=1S/C29H31F3N4OS/c30-29(31,32)22-4-8-27(33-18-22)35-23-9-13-36(14-10-23)38-24-5-1-20(2-6-24)21-3-7-26-25(17-21)28(19-34-26)11-15-37-16-12-28/h1-8,17-18,23,34H,9-16,19H2,(H,33,35). The lowest BCUT2D eigenvalue weighted by molar-refractivity contribution is -0.137. The Labute approximate surface area is 225 Å². The zero-order valence-corrected chi connectivity index (χ0v) is 21.9. The number of fused-ring (bicyclic) bond motifs is 2. The topological polar surface area (TPSA) is 49.4 Å². The van der Waals surface area contributed by atoms with E-state index in [0.29, 0.717) is 5.82 Å². The Morgan fingerprint density at radius 3 is 2.39 bits per heavy atom. The molecule has 2 N–H and O–H groups in total. The second kappa shape index (κ2) is 10.4. The van der Waals surface area contributed by atoms with Crippen molar-refractivity contribution in [3.63, 3.8) is 0 Å². The molecule has 5 nitrogen and oxygen atoms in total. The predicted molar refractivity (Wildman–Crippen MR) is 145 cm³/mol. The van der Waals surface area contributed by atoms with Crippen molar-refractivity contribution in [2.24, 2.45) is 0 Å². The Morgan fingerprint density at radius 1 is 0.974 bits per heavy atom. The van der Waals surface area contributed by atoms with Gasteiger partial charge in [0.05, 0.1) is 5.56 Å². The lowest BCUT2D eigenvalue weighted by Crippen LogP contribution is -2.35. The first-order chi connectivity index (χ1) is 18.4. The number of nitrogens with zero attached hydrogens (tertiary/aromatic N) is 2. The average Bonchev–Trinajstić information content (AvgIpc) is 3.27. The third kappa shape index (κ3) is 5.37. The minimum absolute atomic E-state index is 0.197. The Bertz CT molecular complexity index is 1250. The maximum Gasteiger partial charge on any atom is 0.417 e. The van der Waals surface area contributed by atoms with Crippen LogP contribution in [0.5, 0.6) is 0 Å². The van der Waals surface area contributed by atoms with E-state index >= 15 is 0 Å². The normalized spacial score (nSPS) is 19.8. The predicted octanol–water partition coefficient (Wildman–Crippen LogP) is 6.82. The molecule has 0 bridgehead atoms. The number of hydrogen-bond acceptors (Lipinski definition) is 6. The number of pyridine rings is 1. The summed E-state index contributed by atoms with van der Waals surface area (Å²) in [5, 5.41) is 6.89. The Hall–Kier alpha value is -2.75. The summed E-state index contributed by atoms with van der Waals surface area (Å²) in [5.41, 5.74) is 4.63. The number of rotatable bonds is 5. The smallest absolute Gasteiger partial charge is 0.384 e. The molecule has 6 rings (SSSR count). The van der Waals surface area contributed by atoms with Crippen LogP contribution in [0, 0.1) is 0 Å². The van der Waals surface area contributed by atoms with E-state index in [1.54, 1.807) is 11.9 Å². The molecule has 4 heterocycles. The zero-order chi connectivity index (χ0) is 26.2. The molecule has 3 aliphatic rings. The van der Waals surface area contributed by atoms with Crippen LogP contribution in [-0.4, -0.2) is 48.2 Å². The molecule has 9 heteroatoms. The van der Waals surface area contributed by atoms with Gasteiger partial charge in [0.25, 0.3) is 0 Å². The highest BCUT2D eigenvalue weighted by Crippen LogP contribution is 2.45. The van der Waals surface area contributed by atoms with Gasteiger partial charge in [0.15, 0.2) is 0 Å². The summed E-state index contributed by atoms with van der Waals surface area (Å²) < 4.78 is 46.2. The van der Waals surface area contributed by atoms with E-state index in [0.717, 1.165) is 70.8 Å². The minimum Gasteiger partial charge on any atom is -0.384 e. The lowest BCUT2D eigenvalue weighted by atomic mass is 9.75. The molecule has 3 aromatic rings. The first-order valence-corrected chi connectivity index (χ1v) is 13.9. The Kier molecular flexibility index (Phi) is 7.01. The van der Waals surface area contributed by atoms with Crippen LogP contribution in [0.3, 0.4) is 0 Å². The molecular formula is C29H31F3N4OS. The molecule has 0 atom stereocenters. The van der Waals surface area contributed by atoms with Crippen molar-refractivity contribution in [3.05, 3.63) is 71.9 Å². The van der Waals surface area contributed by atoms with Gasteiger partial charge in [-0.1, -0.05) is 18.2 Å². The van der Waals surface area contributed by atoms with Gasteiger partial charge in [0.2, 0.25) is 0 Å². The molecular weight excluding hydrogens is 509 g/mol. The number of alkyl halides is 3. The van der Waals surface area contributed by atoms with Crippen molar-refractivity contribution >= 4 is 23.5 Å². The molecule has 0 saturated carbocycles. The van der Waals surface area contributed by atoms with Gasteiger partial charge in [-0.15, -0.1) is 0 Å². The van der Waals surface area contributed by atoms with Crippen LogP contribution < -0.4 is 10.6 Å². The molecule has 2 aromatic carbocycles. The van der Waals surface area contributed by atoms with E-state index < -0.39 is 11.7 Å². The summed E-state index contributed by atoms with van der Waals surface area (Å²) >= 11 is 1.76. The number of anilines is 2. The first-order valence-electron chi connectivity index (χ1n) is 13.2. The van der Waals surface area contributed by atoms with E-state index in [4.69, 9.17) is 4.74 Å². The average molecular weight is 541 g/mol. The van der Waals surface area contributed by atoms with Crippen LogP contribution in [0.2, 0.25) is 0 Å². The monoisotopic (exact) mass is 540 g/mol. The summed E-state index contributed by atoms with van der Waals surface area (Å²) in [7, 11) is 0. The van der Waals surface area contributed by atoms with Gasteiger partial charge in [-0.2, -0.15) is 13.2 Å². The number of nitrogens with one attached hydrogen (secondary N) is 2. The van der Waals surface area contributed by atoms with Crippen LogP contribution in [-0.2, 0) is 16.3 Å². The summed E-state index contributed by atoms with van der Waals surface area (Å²) in [6.45, 7) is 4.45. The summed E-state index contributed by atoms with van der Waals surface area (Å²) in [6, 6.07) is 18.3. The maximum absolute atomic E-state index is 12.8. The molecule has 0 amide bonds. The zero-order valence-electron chi connectivity index (χ0n) is 21.1. The number of benzene rings is 2.